The van der Waals surface area contributed by atoms with Crippen LogP contribution in [0.25, 0.3) is 0 Å². The fraction of sp³-hybridized carbons (Fsp3) is 0.500. The van der Waals surface area contributed by atoms with Crippen molar-refractivity contribution in [2.75, 3.05) is 5.73 Å². The molecule has 3 N–H and O–H groups in total. The Morgan fingerprint density at radius 3 is 2.58 bits per heavy atom. The van der Waals surface area contributed by atoms with Crippen LogP contribution in [-0.4, -0.2) is 11.9 Å². The van der Waals surface area contributed by atoms with Crippen LogP contribution in [0.5, 0.6) is 0 Å². The summed E-state index contributed by atoms with van der Waals surface area (Å²) in [6.07, 6.45) is 1.96. The number of nitrogens with two attached hydrogens (primary N) is 1. The van der Waals surface area contributed by atoms with Crippen LogP contribution in [0.1, 0.15) is 44.0 Å². The molecule has 1 atom stereocenters. The van der Waals surface area contributed by atoms with Crippen LogP contribution in [-0.2, 0) is 0 Å². The Morgan fingerprint density at radius 2 is 2.00 bits per heavy atom. The zero-order valence-electron chi connectivity index (χ0n) is 11.5. The molecule has 1 rings (SSSR count). The van der Waals surface area contributed by atoms with Gasteiger partial charge < -0.3 is 11.1 Å². The van der Waals surface area contributed by atoms with E-state index in [0.717, 1.165) is 12.8 Å². The minimum atomic E-state index is -0.531. The van der Waals surface area contributed by atoms with E-state index in [9.17, 15) is 9.18 Å². The molecule has 1 unspecified atom stereocenters. The lowest BCUT2D eigenvalue weighted by molar-refractivity contribution is 0.0936. The van der Waals surface area contributed by atoms with Gasteiger partial charge in [-0.1, -0.05) is 13.8 Å². The smallest absolute Gasteiger partial charge is 0.252 e. The van der Waals surface area contributed by atoms with Crippen molar-refractivity contribution < 1.29 is 9.18 Å². The van der Waals surface area contributed by atoms with Gasteiger partial charge in [0.15, 0.2) is 0 Å². The van der Waals surface area contributed by atoms with Crippen molar-refractivity contribution in [1.82, 2.24) is 5.32 Å². The van der Waals surface area contributed by atoms with Gasteiger partial charge in [-0.15, -0.1) is 0 Å². The summed E-state index contributed by atoms with van der Waals surface area (Å²) in [5.41, 5.74) is 5.81. The first-order chi connectivity index (χ1) is 8.81. The second-order valence-corrected chi connectivity index (χ2v) is 6.05. The molecule has 0 aliphatic heterocycles. The number of nitrogen functional groups attached to an aromatic ring is 1. The fourth-order valence-electron chi connectivity index (χ4n) is 1.70. The van der Waals surface area contributed by atoms with Gasteiger partial charge in [-0.2, -0.15) is 0 Å². The van der Waals surface area contributed by atoms with Crippen molar-refractivity contribution in [3.63, 3.8) is 0 Å². The Balaban J connectivity index is 2.70. The maximum absolute atomic E-state index is 13.2. The van der Waals surface area contributed by atoms with Crippen LogP contribution >= 0.6 is 15.9 Å². The molecule has 0 aromatic heterocycles. The number of rotatable bonds is 5. The minimum absolute atomic E-state index is 0.0248. The monoisotopic (exact) mass is 330 g/mol. The maximum Gasteiger partial charge on any atom is 0.252 e. The number of anilines is 1. The Bertz CT molecular complexity index is 463. The third kappa shape index (κ3) is 4.82. The third-order valence-corrected chi connectivity index (χ3v) is 3.54. The summed E-state index contributed by atoms with van der Waals surface area (Å²) in [6, 6.07) is 2.64. The Hall–Kier alpha value is -1.10. The first kappa shape index (κ1) is 16.0. The van der Waals surface area contributed by atoms with Gasteiger partial charge in [-0.05, 0) is 53.7 Å². The van der Waals surface area contributed by atoms with Crippen LogP contribution in [0.4, 0.5) is 10.1 Å². The molecule has 1 aromatic carbocycles. The topological polar surface area (TPSA) is 55.1 Å². The summed E-state index contributed by atoms with van der Waals surface area (Å²) in [5, 5.41) is 2.89. The van der Waals surface area contributed by atoms with Crippen molar-refractivity contribution in [3.05, 3.63) is 28.0 Å². The van der Waals surface area contributed by atoms with Crippen LogP contribution in [0, 0.1) is 11.7 Å². The van der Waals surface area contributed by atoms with E-state index in [-0.39, 0.29) is 17.6 Å². The Kier molecular flexibility index (Phi) is 5.79. The predicted octanol–water partition coefficient (Wildman–Crippen LogP) is 3.72. The van der Waals surface area contributed by atoms with Gasteiger partial charge in [0.1, 0.15) is 5.82 Å². The second kappa shape index (κ2) is 6.89. The average Bonchev–Trinajstić information content (AvgIpc) is 2.31. The molecule has 0 fully saturated rings. The molecule has 0 saturated carbocycles. The van der Waals surface area contributed by atoms with Crippen molar-refractivity contribution in [2.24, 2.45) is 5.92 Å². The minimum Gasteiger partial charge on any atom is -0.396 e. The summed E-state index contributed by atoms with van der Waals surface area (Å²) >= 11 is 3.18. The van der Waals surface area contributed by atoms with Crippen molar-refractivity contribution in [1.29, 1.82) is 0 Å². The quantitative estimate of drug-likeness (QED) is 0.808. The molecule has 0 aliphatic rings. The van der Waals surface area contributed by atoms with Gasteiger partial charge in [-0.3, -0.25) is 4.79 Å². The number of nitrogens with one attached hydrogen (secondary N) is 1. The van der Waals surface area contributed by atoms with Crippen molar-refractivity contribution in [2.45, 2.75) is 39.7 Å². The summed E-state index contributed by atoms with van der Waals surface area (Å²) < 4.78 is 13.6. The van der Waals surface area contributed by atoms with Crippen LogP contribution in [0.3, 0.4) is 0 Å². The first-order valence-corrected chi connectivity index (χ1v) is 7.16. The average molecular weight is 331 g/mol. The molecule has 5 heteroatoms. The normalized spacial score (nSPS) is 12.5. The first-order valence-electron chi connectivity index (χ1n) is 6.36. The number of halogens is 2. The second-order valence-electron chi connectivity index (χ2n) is 5.20. The molecular weight excluding hydrogens is 311 g/mol. The van der Waals surface area contributed by atoms with Gasteiger partial charge in [0.25, 0.3) is 5.91 Å². The molecule has 0 bridgehead atoms. The molecule has 1 aromatic rings. The summed E-state index contributed by atoms with van der Waals surface area (Å²) in [4.78, 5) is 12.1. The lowest BCUT2D eigenvalue weighted by Gasteiger charge is -2.16. The van der Waals surface area contributed by atoms with E-state index in [0.29, 0.717) is 16.0 Å². The van der Waals surface area contributed by atoms with Gasteiger partial charge in [0.2, 0.25) is 0 Å². The van der Waals surface area contributed by atoms with E-state index in [1.165, 1.54) is 12.1 Å². The Labute approximate surface area is 121 Å². The SMILES string of the molecule is CC(C)CCC(C)NC(=O)c1cc(N)c(F)cc1Br. The molecular formula is C14H20BrFN2O. The highest BCUT2D eigenvalue weighted by atomic mass is 79.9. The van der Waals surface area contributed by atoms with E-state index in [1.54, 1.807) is 0 Å². The van der Waals surface area contributed by atoms with Crippen LogP contribution < -0.4 is 11.1 Å². The number of benzene rings is 1. The number of carbonyl (C=O) groups excluding carboxylic acids is 1. The van der Waals surface area contributed by atoms with Crippen molar-refractivity contribution in [3.8, 4) is 0 Å². The highest BCUT2D eigenvalue weighted by Gasteiger charge is 2.15. The summed E-state index contributed by atoms with van der Waals surface area (Å²) in [5.74, 6) is -0.168. The third-order valence-electron chi connectivity index (χ3n) is 2.89. The molecule has 0 saturated heterocycles. The van der Waals surface area contributed by atoms with E-state index in [2.05, 4.69) is 35.1 Å². The molecule has 1 amide bonds. The number of amides is 1. The molecule has 106 valence electrons. The summed E-state index contributed by atoms with van der Waals surface area (Å²) in [7, 11) is 0. The molecule has 0 spiro atoms. The van der Waals surface area contributed by atoms with Gasteiger partial charge in [0, 0.05) is 10.5 Å². The largest absolute Gasteiger partial charge is 0.396 e. The molecule has 3 nitrogen and oxygen atoms in total. The molecule has 0 heterocycles. The fourth-order valence-corrected chi connectivity index (χ4v) is 2.19. The number of hydrogen-bond donors (Lipinski definition) is 2. The van der Waals surface area contributed by atoms with Crippen LogP contribution in [0.15, 0.2) is 16.6 Å². The Morgan fingerprint density at radius 1 is 1.37 bits per heavy atom. The number of carbonyl (C=O) groups is 1. The van der Waals surface area contributed by atoms with Crippen LogP contribution in [0.2, 0.25) is 0 Å². The van der Waals surface area contributed by atoms with Crippen molar-refractivity contribution >= 4 is 27.5 Å². The molecule has 0 radical (unpaired) electrons. The maximum atomic E-state index is 13.2. The standard InChI is InChI=1S/C14H20BrFN2O/c1-8(2)4-5-9(3)18-14(19)10-6-13(17)12(16)7-11(10)15/h6-9H,4-5,17H2,1-3H3,(H,18,19). The summed E-state index contributed by atoms with van der Waals surface area (Å²) in [6.45, 7) is 6.25. The van der Waals surface area contributed by atoms with Gasteiger partial charge in [0.05, 0.1) is 11.3 Å². The zero-order valence-corrected chi connectivity index (χ0v) is 13.1. The predicted molar refractivity (Wildman–Crippen MR) is 79.5 cm³/mol. The lowest BCUT2D eigenvalue weighted by Crippen LogP contribution is -2.33. The van der Waals surface area contributed by atoms with E-state index in [1.807, 2.05) is 6.92 Å². The molecule has 0 aliphatic carbocycles. The molecule has 19 heavy (non-hydrogen) atoms. The highest BCUT2D eigenvalue weighted by molar-refractivity contribution is 9.10. The highest BCUT2D eigenvalue weighted by Crippen LogP contribution is 2.23. The van der Waals surface area contributed by atoms with E-state index in [4.69, 9.17) is 5.73 Å². The lowest BCUT2D eigenvalue weighted by atomic mass is 10.0. The van der Waals surface area contributed by atoms with Gasteiger partial charge >= 0.3 is 0 Å². The van der Waals surface area contributed by atoms with E-state index >= 15 is 0 Å². The number of hydrogen-bond acceptors (Lipinski definition) is 2. The van der Waals surface area contributed by atoms with E-state index < -0.39 is 5.82 Å². The zero-order chi connectivity index (χ0) is 14.6. The van der Waals surface area contributed by atoms with Gasteiger partial charge in [-0.25, -0.2) is 4.39 Å².